The second-order valence-corrected chi connectivity index (χ2v) is 11.6. The summed E-state index contributed by atoms with van der Waals surface area (Å²) in [6, 6.07) is 23.0. The highest BCUT2D eigenvalue weighted by Gasteiger charge is 2.31. The maximum absolute atomic E-state index is 14.5. The SMILES string of the molecule is Cc1ccc(CC(=O)NC2CCC(CN(Cc3ccccc3)S(=O)(=O)c3ccccc3F)CC2)cc1. The molecule has 5 nitrogen and oxygen atoms in total. The number of carbonyl (C=O) groups excluding carboxylic acids is 1. The van der Waals surface area contributed by atoms with Gasteiger partial charge in [-0.05, 0) is 61.8 Å². The number of halogens is 1. The Balaban J connectivity index is 1.38. The largest absolute Gasteiger partial charge is 0.353 e. The van der Waals surface area contributed by atoms with E-state index >= 15 is 0 Å². The zero-order valence-corrected chi connectivity index (χ0v) is 21.4. The van der Waals surface area contributed by atoms with Crippen molar-refractivity contribution in [2.45, 2.75) is 56.5 Å². The first-order valence-electron chi connectivity index (χ1n) is 12.4. The molecule has 190 valence electrons. The summed E-state index contributed by atoms with van der Waals surface area (Å²) in [5.74, 6) is -0.591. The van der Waals surface area contributed by atoms with Gasteiger partial charge < -0.3 is 5.32 Å². The fourth-order valence-electron chi connectivity index (χ4n) is 4.78. The van der Waals surface area contributed by atoms with E-state index in [4.69, 9.17) is 0 Å². The number of nitrogens with zero attached hydrogens (tertiary/aromatic N) is 1. The molecule has 4 rings (SSSR count). The average Bonchev–Trinajstić information content (AvgIpc) is 2.87. The van der Waals surface area contributed by atoms with E-state index in [9.17, 15) is 17.6 Å². The standard InChI is InChI=1S/C29H33FN2O3S/c1-22-11-13-23(14-12-22)19-29(33)31-26-17-15-25(16-18-26)21-32(20-24-7-3-2-4-8-24)36(34,35)28-10-6-5-9-27(28)30/h2-14,25-26H,15-21H2,1H3,(H,31,33). The molecule has 0 saturated heterocycles. The second-order valence-electron chi connectivity index (χ2n) is 9.66. The minimum Gasteiger partial charge on any atom is -0.353 e. The fourth-order valence-corrected chi connectivity index (χ4v) is 6.34. The molecule has 0 radical (unpaired) electrons. The highest BCUT2D eigenvalue weighted by molar-refractivity contribution is 7.89. The van der Waals surface area contributed by atoms with Crippen LogP contribution in [0.3, 0.4) is 0 Å². The van der Waals surface area contributed by atoms with Crippen LogP contribution in [0.2, 0.25) is 0 Å². The van der Waals surface area contributed by atoms with E-state index < -0.39 is 15.8 Å². The van der Waals surface area contributed by atoms with E-state index in [-0.39, 0.29) is 29.3 Å². The van der Waals surface area contributed by atoms with Gasteiger partial charge in [-0.25, -0.2) is 12.8 Å². The van der Waals surface area contributed by atoms with Gasteiger partial charge in [-0.2, -0.15) is 4.31 Å². The average molecular weight is 509 g/mol. The minimum absolute atomic E-state index is 0.00939. The lowest BCUT2D eigenvalue weighted by Crippen LogP contribution is -2.41. The van der Waals surface area contributed by atoms with Crippen LogP contribution in [0.1, 0.15) is 42.4 Å². The molecule has 0 spiro atoms. The lowest BCUT2D eigenvalue weighted by molar-refractivity contribution is -0.121. The van der Waals surface area contributed by atoms with Crippen LogP contribution >= 0.6 is 0 Å². The van der Waals surface area contributed by atoms with Gasteiger partial charge in [-0.1, -0.05) is 72.3 Å². The summed E-state index contributed by atoms with van der Waals surface area (Å²) in [5.41, 5.74) is 3.01. The molecular weight excluding hydrogens is 475 g/mol. The molecule has 3 aromatic carbocycles. The van der Waals surface area contributed by atoms with Crippen molar-refractivity contribution in [1.82, 2.24) is 9.62 Å². The van der Waals surface area contributed by atoms with Gasteiger partial charge in [-0.15, -0.1) is 0 Å². The van der Waals surface area contributed by atoms with Gasteiger partial charge >= 0.3 is 0 Å². The summed E-state index contributed by atoms with van der Waals surface area (Å²) in [7, 11) is -4.01. The molecule has 0 aliphatic heterocycles. The number of hydrogen-bond donors (Lipinski definition) is 1. The van der Waals surface area contributed by atoms with Crippen molar-refractivity contribution < 1.29 is 17.6 Å². The summed E-state index contributed by atoms with van der Waals surface area (Å²) in [6.07, 6.45) is 3.54. The summed E-state index contributed by atoms with van der Waals surface area (Å²) in [4.78, 5) is 12.2. The molecule has 7 heteroatoms. The van der Waals surface area contributed by atoms with Crippen molar-refractivity contribution in [3.05, 3.63) is 101 Å². The van der Waals surface area contributed by atoms with Crippen LogP contribution in [0.5, 0.6) is 0 Å². The first kappa shape index (κ1) is 26.0. The van der Waals surface area contributed by atoms with E-state index in [2.05, 4.69) is 5.32 Å². The first-order chi connectivity index (χ1) is 17.3. The Morgan fingerprint density at radius 2 is 1.53 bits per heavy atom. The number of amides is 1. The van der Waals surface area contributed by atoms with E-state index in [0.29, 0.717) is 13.0 Å². The maximum Gasteiger partial charge on any atom is 0.246 e. The summed E-state index contributed by atoms with van der Waals surface area (Å²) < 4.78 is 42.8. The molecule has 0 heterocycles. The van der Waals surface area contributed by atoms with Crippen molar-refractivity contribution in [1.29, 1.82) is 0 Å². The predicted molar refractivity (Wildman–Crippen MR) is 139 cm³/mol. The van der Waals surface area contributed by atoms with E-state index in [1.165, 1.54) is 22.5 Å². The zero-order chi connectivity index (χ0) is 25.5. The summed E-state index contributed by atoms with van der Waals surface area (Å²) in [6.45, 7) is 2.52. The molecule has 0 bridgehead atoms. The molecule has 0 unspecified atom stereocenters. The smallest absolute Gasteiger partial charge is 0.246 e. The first-order valence-corrected chi connectivity index (χ1v) is 13.9. The third kappa shape index (κ3) is 6.80. The Morgan fingerprint density at radius 3 is 2.19 bits per heavy atom. The normalized spacial score (nSPS) is 18.2. The molecule has 0 aromatic heterocycles. The van der Waals surface area contributed by atoms with Gasteiger partial charge in [0.2, 0.25) is 15.9 Å². The number of aryl methyl sites for hydroxylation is 1. The fraction of sp³-hybridized carbons (Fsp3) is 0.345. The summed E-state index contributed by atoms with van der Waals surface area (Å²) in [5, 5.41) is 3.14. The predicted octanol–water partition coefficient (Wildman–Crippen LogP) is 5.24. The van der Waals surface area contributed by atoms with Gasteiger partial charge in [0.1, 0.15) is 10.7 Å². The molecule has 1 aliphatic carbocycles. The quantitative estimate of drug-likeness (QED) is 0.430. The van der Waals surface area contributed by atoms with Gasteiger partial charge in [-0.3, -0.25) is 4.79 Å². The van der Waals surface area contributed by atoms with Crippen molar-refractivity contribution in [2.24, 2.45) is 5.92 Å². The highest BCUT2D eigenvalue weighted by Crippen LogP contribution is 2.29. The lowest BCUT2D eigenvalue weighted by atomic mass is 9.86. The third-order valence-electron chi connectivity index (χ3n) is 6.82. The molecule has 36 heavy (non-hydrogen) atoms. The van der Waals surface area contributed by atoms with Gasteiger partial charge in [0.15, 0.2) is 0 Å². The van der Waals surface area contributed by atoms with Crippen LogP contribution in [0, 0.1) is 18.7 Å². The molecule has 1 amide bonds. The number of sulfonamides is 1. The maximum atomic E-state index is 14.5. The lowest BCUT2D eigenvalue weighted by Gasteiger charge is -2.33. The Bertz CT molecular complexity index is 1260. The van der Waals surface area contributed by atoms with Crippen LogP contribution in [-0.4, -0.2) is 31.2 Å². The van der Waals surface area contributed by atoms with Crippen LogP contribution in [0.4, 0.5) is 4.39 Å². The van der Waals surface area contributed by atoms with Gasteiger partial charge in [0.05, 0.1) is 6.42 Å². The Morgan fingerprint density at radius 1 is 0.889 bits per heavy atom. The van der Waals surface area contributed by atoms with Crippen molar-refractivity contribution in [2.75, 3.05) is 6.54 Å². The van der Waals surface area contributed by atoms with E-state index in [1.807, 2.05) is 61.5 Å². The number of rotatable bonds is 9. The number of carbonyl (C=O) groups is 1. The zero-order valence-electron chi connectivity index (χ0n) is 20.6. The van der Waals surface area contributed by atoms with Crippen LogP contribution in [0.25, 0.3) is 0 Å². The third-order valence-corrected chi connectivity index (χ3v) is 8.66. The molecule has 1 saturated carbocycles. The molecule has 1 N–H and O–H groups in total. The Hall–Kier alpha value is -3.03. The molecule has 1 aliphatic rings. The van der Waals surface area contributed by atoms with Crippen LogP contribution in [-0.2, 0) is 27.8 Å². The van der Waals surface area contributed by atoms with Gasteiger partial charge in [0.25, 0.3) is 0 Å². The van der Waals surface area contributed by atoms with E-state index in [0.717, 1.165) is 42.4 Å². The summed E-state index contributed by atoms with van der Waals surface area (Å²) >= 11 is 0. The van der Waals surface area contributed by atoms with Crippen LogP contribution in [0.15, 0.2) is 83.8 Å². The van der Waals surface area contributed by atoms with Crippen molar-refractivity contribution in [3.8, 4) is 0 Å². The number of hydrogen-bond acceptors (Lipinski definition) is 3. The molecule has 1 fully saturated rings. The van der Waals surface area contributed by atoms with Crippen molar-refractivity contribution >= 4 is 15.9 Å². The monoisotopic (exact) mass is 508 g/mol. The number of nitrogens with one attached hydrogen (secondary N) is 1. The molecule has 3 aromatic rings. The minimum atomic E-state index is -4.01. The molecule has 0 atom stereocenters. The Labute approximate surface area is 213 Å². The van der Waals surface area contributed by atoms with Crippen LogP contribution < -0.4 is 5.32 Å². The van der Waals surface area contributed by atoms with E-state index in [1.54, 1.807) is 6.07 Å². The second kappa shape index (κ2) is 11.8. The number of benzene rings is 3. The topological polar surface area (TPSA) is 66.5 Å². The Kier molecular flexibility index (Phi) is 8.54. The van der Waals surface area contributed by atoms with Crippen molar-refractivity contribution in [3.63, 3.8) is 0 Å². The van der Waals surface area contributed by atoms with Gasteiger partial charge in [0, 0.05) is 19.1 Å². The highest BCUT2D eigenvalue weighted by atomic mass is 32.2. The molecular formula is C29H33FN2O3S.